The minimum absolute atomic E-state index is 0.0542. The monoisotopic (exact) mass is 262 g/mol. The van der Waals surface area contributed by atoms with Crippen molar-refractivity contribution in [1.29, 1.82) is 0 Å². The fraction of sp³-hybridized carbons (Fsp3) is 0.385. The first kappa shape index (κ1) is 13.4. The molecule has 0 fully saturated rings. The average Bonchev–Trinajstić information content (AvgIpc) is 2.75. The topological polar surface area (TPSA) is 83.2 Å². The molecule has 0 bridgehead atoms. The Hall–Kier alpha value is -2.08. The summed E-state index contributed by atoms with van der Waals surface area (Å²) in [5, 5.41) is 30.8. The maximum absolute atomic E-state index is 9.83. The summed E-state index contributed by atoms with van der Waals surface area (Å²) in [5.74, 6) is 0.942. The van der Waals surface area contributed by atoms with E-state index in [-0.39, 0.29) is 23.6 Å². The molecule has 1 heterocycles. The van der Waals surface area contributed by atoms with Crippen LogP contribution in [0, 0.1) is 0 Å². The molecule has 0 aliphatic heterocycles. The number of nitrogens with zero attached hydrogens (tertiary/aromatic N) is 3. The molecule has 19 heavy (non-hydrogen) atoms. The highest BCUT2D eigenvalue weighted by atomic mass is 16.3. The second-order valence-electron chi connectivity index (χ2n) is 4.62. The summed E-state index contributed by atoms with van der Waals surface area (Å²) in [6, 6.07) is 4.45. The van der Waals surface area contributed by atoms with E-state index >= 15 is 0 Å². The van der Waals surface area contributed by atoms with Crippen molar-refractivity contribution in [3.8, 4) is 11.5 Å². The van der Waals surface area contributed by atoms with E-state index in [9.17, 15) is 10.2 Å². The number of benzene rings is 1. The van der Waals surface area contributed by atoms with E-state index in [4.69, 9.17) is 0 Å². The highest BCUT2D eigenvalue weighted by Gasteiger charge is 2.19. The molecule has 0 saturated heterocycles. The molecule has 2 aromatic rings. The predicted molar refractivity (Wildman–Crippen MR) is 70.7 cm³/mol. The van der Waals surface area contributed by atoms with E-state index in [0.717, 1.165) is 5.82 Å². The van der Waals surface area contributed by atoms with Crippen LogP contribution in [0.1, 0.15) is 37.3 Å². The Balaban J connectivity index is 2.18. The lowest BCUT2D eigenvalue weighted by Crippen LogP contribution is -2.24. The van der Waals surface area contributed by atoms with E-state index in [2.05, 4.69) is 15.5 Å². The van der Waals surface area contributed by atoms with Crippen molar-refractivity contribution in [2.75, 3.05) is 0 Å². The predicted octanol–water partition coefficient (Wildman–Crippen LogP) is 1.64. The van der Waals surface area contributed by atoms with Crippen LogP contribution in [-0.2, 0) is 7.05 Å². The third kappa shape index (κ3) is 2.68. The molecular formula is C13H18N4O2. The van der Waals surface area contributed by atoms with Crippen LogP contribution in [0.4, 0.5) is 0 Å². The number of rotatable bonds is 4. The van der Waals surface area contributed by atoms with Gasteiger partial charge >= 0.3 is 0 Å². The van der Waals surface area contributed by atoms with E-state index in [1.165, 1.54) is 0 Å². The molecule has 6 heteroatoms. The minimum Gasteiger partial charge on any atom is -0.507 e. The summed E-state index contributed by atoms with van der Waals surface area (Å²) >= 11 is 0. The second kappa shape index (κ2) is 5.27. The van der Waals surface area contributed by atoms with Crippen molar-refractivity contribution < 1.29 is 10.2 Å². The number of phenolic OH excluding ortho intramolecular Hbond substituents is 2. The van der Waals surface area contributed by atoms with Gasteiger partial charge < -0.3 is 20.1 Å². The molecule has 0 aliphatic rings. The summed E-state index contributed by atoms with van der Waals surface area (Å²) < 4.78 is 1.83. The Morgan fingerprint density at radius 2 is 1.79 bits per heavy atom. The molecule has 2 unspecified atom stereocenters. The highest BCUT2D eigenvalue weighted by Crippen LogP contribution is 2.33. The Labute approximate surface area is 111 Å². The lowest BCUT2D eigenvalue weighted by Gasteiger charge is -2.21. The van der Waals surface area contributed by atoms with Gasteiger partial charge in [0.05, 0.1) is 11.6 Å². The van der Waals surface area contributed by atoms with Crippen molar-refractivity contribution in [3.63, 3.8) is 0 Å². The molecule has 1 aromatic heterocycles. The quantitative estimate of drug-likeness (QED) is 0.780. The van der Waals surface area contributed by atoms with Crippen LogP contribution in [-0.4, -0.2) is 25.0 Å². The van der Waals surface area contributed by atoms with Crippen LogP contribution in [0.3, 0.4) is 0 Å². The lowest BCUT2D eigenvalue weighted by atomic mass is 10.0. The van der Waals surface area contributed by atoms with Crippen LogP contribution < -0.4 is 5.32 Å². The van der Waals surface area contributed by atoms with Gasteiger partial charge in [0, 0.05) is 13.1 Å². The lowest BCUT2D eigenvalue weighted by molar-refractivity contribution is 0.401. The largest absolute Gasteiger partial charge is 0.507 e. The van der Waals surface area contributed by atoms with Gasteiger partial charge in [-0.3, -0.25) is 0 Å². The Morgan fingerprint density at radius 3 is 2.32 bits per heavy atom. The van der Waals surface area contributed by atoms with Crippen LogP contribution in [0.25, 0.3) is 0 Å². The molecule has 0 aliphatic carbocycles. The van der Waals surface area contributed by atoms with Crippen molar-refractivity contribution in [2.45, 2.75) is 25.9 Å². The number of aromatic hydroxyl groups is 2. The molecule has 2 rings (SSSR count). The maximum atomic E-state index is 9.83. The average molecular weight is 262 g/mol. The van der Waals surface area contributed by atoms with E-state index in [0.29, 0.717) is 5.56 Å². The molecule has 0 radical (unpaired) electrons. The minimum atomic E-state index is -0.215. The fourth-order valence-corrected chi connectivity index (χ4v) is 2.20. The summed E-state index contributed by atoms with van der Waals surface area (Å²) in [4.78, 5) is 0. The van der Waals surface area contributed by atoms with Crippen LogP contribution in [0.2, 0.25) is 0 Å². The van der Waals surface area contributed by atoms with Gasteiger partial charge in [0.2, 0.25) is 0 Å². The summed E-state index contributed by atoms with van der Waals surface area (Å²) in [6.07, 6.45) is 1.63. The molecule has 0 amide bonds. The zero-order chi connectivity index (χ0) is 14.0. The SMILES string of the molecule is CC(NC(C)c1nncn1C)c1c(O)cccc1O. The van der Waals surface area contributed by atoms with Crippen LogP contribution in [0.15, 0.2) is 24.5 Å². The molecular weight excluding hydrogens is 244 g/mol. The molecule has 0 saturated carbocycles. The highest BCUT2D eigenvalue weighted by molar-refractivity contribution is 5.44. The Bertz CT molecular complexity index is 547. The van der Waals surface area contributed by atoms with Crippen molar-refractivity contribution in [2.24, 2.45) is 7.05 Å². The molecule has 6 nitrogen and oxygen atoms in total. The van der Waals surface area contributed by atoms with Gasteiger partial charge in [0.25, 0.3) is 0 Å². The third-order valence-corrected chi connectivity index (χ3v) is 3.13. The van der Waals surface area contributed by atoms with Crippen molar-refractivity contribution in [3.05, 3.63) is 35.9 Å². The number of phenols is 2. The van der Waals surface area contributed by atoms with E-state index in [1.54, 1.807) is 24.5 Å². The number of aryl methyl sites for hydroxylation is 1. The number of aromatic nitrogens is 3. The fourth-order valence-electron chi connectivity index (χ4n) is 2.20. The first-order valence-corrected chi connectivity index (χ1v) is 6.11. The second-order valence-corrected chi connectivity index (χ2v) is 4.62. The molecule has 2 atom stereocenters. The van der Waals surface area contributed by atoms with Crippen LogP contribution >= 0.6 is 0 Å². The van der Waals surface area contributed by atoms with Gasteiger partial charge in [0.1, 0.15) is 23.7 Å². The maximum Gasteiger partial charge on any atom is 0.149 e. The zero-order valence-electron chi connectivity index (χ0n) is 11.2. The Kier molecular flexibility index (Phi) is 3.71. The van der Waals surface area contributed by atoms with Gasteiger partial charge in [-0.05, 0) is 26.0 Å². The smallest absolute Gasteiger partial charge is 0.149 e. The number of nitrogens with one attached hydrogen (secondary N) is 1. The standard InChI is InChI=1S/C13H18N4O2/c1-8(12-10(18)5-4-6-11(12)19)15-9(2)13-16-14-7-17(13)3/h4-9,15,18-19H,1-3H3. The van der Waals surface area contributed by atoms with Gasteiger partial charge in [0.15, 0.2) is 0 Å². The van der Waals surface area contributed by atoms with Gasteiger partial charge in [-0.25, -0.2) is 0 Å². The third-order valence-electron chi connectivity index (χ3n) is 3.13. The summed E-state index contributed by atoms with van der Waals surface area (Å²) in [5.41, 5.74) is 0.483. The summed E-state index contributed by atoms with van der Waals surface area (Å²) in [6.45, 7) is 3.83. The van der Waals surface area contributed by atoms with Crippen LogP contribution in [0.5, 0.6) is 11.5 Å². The number of hydrogen-bond donors (Lipinski definition) is 3. The van der Waals surface area contributed by atoms with Gasteiger partial charge in [-0.2, -0.15) is 0 Å². The summed E-state index contributed by atoms with van der Waals surface area (Å²) in [7, 11) is 1.87. The zero-order valence-corrected chi connectivity index (χ0v) is 11.2. The van der Waals surface area contributed by atoms with Gasteiger partial charge in [-0.1, -0.05) is 6.07 Å². The van der Waals surface area contributed by atoms with E-state index in [1.807, 2.05) is 25.5 Å². The van der Waals surface area contributed by atoms with E-state index < -0.39 is 0 Å². The molecule has 3 N–H and O–H groups in total. The first-order chi connectivity index (χ1) is 9.00. The normalized spacial score (nSPS) is 14.3. The Morgan fingerprint density at radius 1 is 1.16 bits per heavy atom. The molecule has 0 spiro atoms. The van der Waals surface area contributed by atoms with Gasteiger partial charge in [-0.15, -0.1) is 10.2 Å². The van der Waals surface area contributed by atoms with Crippen molar-refractivity contribution >= 4 is 0 Å². The molecule has 1 aromatic carbocycles. The van der Waals surface area contributed by atoms with Crippen molar-refractivity contribution in [1.82, 2.24) is 20.1 Å². The first-order valence-electron chi connectivity index (χ1n) is 6.11. The number of hydrogen-bond acceptors (Lipinski definition) is 5. The molecule has 102 valence electrons.